The van der Waals surface area contributed by atoms with Crippen molar-refractivity contribution in [1.29, 1.82) is 0 Å². The number of hydrogen-bond donors (Lipinski definition) is 1. The molecule has 1 aliphatic carbocycles. The summed E-state index contributed by atoms with van der Waals surface area (Å²) in [5.41, 5.74) is 2.36. The number of aliphatic carboxylic acids is 1. The molecule has 1 aliphatic heterocycles. The fourth-order valence-electron chi connectivity index (χ4n) is 3.25. The van der Waals surface area contributed by atoms with Crippen LogP contribution in [0.5, 0.6) is 0 Å². The van der Waals surface area contributed by atoms with Crippen molar-refractivity contribution < 1.29 is 19.4 Å². The number of nitrogens with zero attached hydrogens (tertiary/aromatic N) is 1. The SMILES string of the molecule is CC(C)(C)OC(=O)N1CCc2cc(C3(CC(=O)O)CC3)ccc21. The first kappa shape index (κ1) is 15.8. The van der Waals surface area contributed by atoms with E-state index in [2.05, 4.69) is 6.07 Å². The minimum atomic E-state index is -0.752. The molecule has 1 aromatic rings. The van der Waals surface area contributed by atoms with Gasteiger partial charge in [0.2, 0.25) is 0 Å². The molecule has 0 unspecified atom stereocenters. The maximum absolute atomic E-state index is 12.3. The van der Waals surface area contributed by atoms with Crippen molar-refractivity contribution in [2.75, 3.05) is 11.4 Å². The van der Waals surface area contributed by atoms with Crippen molar-refractivity contribution >= 4 is 17.7 Å². The Morgan fingerprint density at radius 3 is 2.57 bits per heavy atom. The van der Waals surface area contributed by atoms with Crippen LogP contribution in [0.15, 0.2) is 18.2 Å². The number of hydrogen-bond acceptors (Lipinski definition) is 3. The molecule has 0 spiro atoms. The zero-order valence-electron chi connectivity index (χ0n) is 13.9. The zero-order valence-corrected chi connectivity index (χ0v) is 13.9. The lowest BCUT2D eigenvalue weighted by Gasteiger charge is -2.25. The summed E-state index contributed by atoms with van der Waals surface area (Å²) < 4.78 is 5.45. The van der Waals surface area contributed by atoms with Crippen LogP contribution in [0, 0.1) is 0 Å². The van der Waals surface area contributed by atoms with Gasteiger partial charge in [0.1, 0.15) is 5.60 Å². The lowest BCUT2D eigenvalue weighted by Crippen LogP contribution is -2.35. The molecule has 0 atom stereocenters. The highest BCUT2D eigenvalue weighted by molar-refractivity contribution is 5.90. The third-order valence-corrected chi connectivity index (χ3v) is 4.54. The Balaban J connectivity index is 1.81. The Hall–Kier alpha value is -2.04. The van der Waals surface area contributed by atoms with E-state index in [4.69, 9.17) is 9.84 Å². The lowest BCUT2D eigenvalue weighted by atomic mass is 9.90. The second-order valence-electron chi connectivity index (χ2n) is 7.58. The van der Waals surface area contributed by atoms with Gasteiger partial charge in [0.15, 0.2) is 0 Å². The van der Waals surface area contributed by atoms with Gasteiger partial charge in [0, 0.05) is 12.0 Å². The van der Waals surface area contributed by atoms with Gasteiger partial charge in [-0.25, -0.2) is 4.79 Å². The fourth-order valence-corrected chi connectivity index (χ4v) is 3.25. The molecule has 1 heterocycles. The maximum atomic E-state index is 12.3. The maximum Gasteiger partial charge on any atom is 0.414 e. The van der Waals surface area contributed by atoms with Gasteiger partial charge in [-0.2, -0.15) is 0 Å². The minimum absolute atomic E-state index is 0.182. The molecule has 0 aromatic heterocycles. The van der Waals surface area contributed by atoms with E-state index in [1.807, 2.05) is 32.9 Å². The third kappa shape index (κ3) is 3.19. The summed E-state index contributed by atoms with van der Waals surface area (Å²) in [5, 5.41) is 9.10. The van der Waals surface area contributed by atoms with Crippen LogP contribution in [0.2, 0.25) is 0 Å². The molecule has 3 rings (SSSR count). The number of rotatable bonds is 3. The summed E-state index contributed by atoms with van der Waals surface area (Å²) in [6, 6.07) is 5.98. The number of ether oxygens (including phenoxy) is 1. The first-order chi connectivity index (χ1) is 10.7. The standard InChI is InChI=1S/C18H23NO4/c1-17(2,3)23-16(22)19-9-6-12-10-13(4-5-14(12)19)18(7-8-18)11-15(20)21/h4-5,10H,6-9,11H2,1-3H3,(H,20,21). The molecule has 1 saturated carbocycles. The third-order valence-electron chi connectivity index (χ3n) is 4.54. The number of carbonyl (C=O) groups excluding carboxylic acids is 1. The molecule has 1 aromatic carbocycles. The zero-order chi connectivity index (χ0) is 16.8. The number of carboxylic acids is 1. The van der Waals surface area contributed by atoms with Crippen molar-refractivity contribution in [2.24, 2.45) is 0 Å². The smallest absolute Gasteiger partial charge is 0.414 e. The summed E-state index contributed by atoms with van der Waals surface area (Å²) in [4.78, 5) is 25.0. The monoisotopic (exact) mass is 317 g/mol. The van der Waals surface area contributed by atoms with Crippen LogP contribution in [-0.4, -0.2) is 29.3 Å². The average Bonchev–Trinajstić information content (AvgIpc) is 3.06. The number of benzene rings is 1. The van der Waals surface area contributed by atoms with E-state index in [9.17, 15) is 9.59 Å². The normalized spacial score (nSPS) is 18.5. The Morgan fingerprint density at radius 2 is 2.00 bits per heavy atom. The molecule has 5 heteroatoms. The van der Waals surface area contributed by atoms with Gasteiger partial charge in [-0.05, 0) is 57.2 Å². The molecule has 5 nitrogen and oxygen atoms in total. The quantitative estimate of drug-likeness (QED) is 0.926. The molecule has 1 N–H and O–H groups in total. The van der Waals surface area contributed by atoms with Crippen LogP contribution < -0.4 is 4.90 Å². The largest absolute Gasteiger partial charge is 0.481 e. The van der Waals surface area contributed by atoms with Crippen LogP contribution >= 0.6 is 0 Å². The Bertz CT molecular complexity index is 655. The van der Waals surface area contributed by atoms with E-state index in [-0.39, 0.29) is 17.9 Å². The van der Waals surface area contributed by atoms with Gasteiger partial charge in [0.25, 0.3) is 0 Å². The topological polar surface area (TPSA) is 66.8 Å². The van der Waals surface area contributed by atoms with E-state index < -0.39 is 11.6 Å². The lowest BCUT2D eigenvalue weighted by molar-refractivity contribution is -0.137. The van der Waals surface area contributed by atoms with Crippen molar-refractivity contribution in [3.63, 3.8) is 0 Å². The second kappa shape index (κ2) is 5.25. The van der Waals surface area contributed by atoms with Gasteiger partial charge < -0.3 is 9.84 Å². The van der Waals surface area contributed by atoms with Crippen LogP contribution in [0.1, 0.15) is 51.2 Å². The number of amides is 1. The molecule has 1 amide bonds. The van der Waals surface area contributed by atoms with Crippen molar-refractivity contribution in [3.8, 4) is 0 Å². The summed E-state index contributed by atoms with van der Waals surface area (Å²) in [6.45, 7) is 6.18. The molecule has 0 bridgehead atoms. The van der Waals surface area contributed by atoms with Crippen LogP contribution in [0.4, 0.5) is 10.5 Å². The Kier molecular flexibility index (Phi) is 3.62. The Labute approximate surface area is 136 Å². The highest BCUT2D eigenvalue weighted by Crippen LogP contribution is 2.52. The second-order valence-corrected chi connectivity index (χ2v) is 7.58. The summed E-state index contributed by atoms with van der Waals surface area (Å²) in [6.07, 6.45) is 2.49. The van der Waals surface area contributed by atoms with E-state index in [0.29, 0.717) is 6.54 Å². The first-order valence-electron chi connectivity index (χ1n) is 8.06. The molecule has 2 aliphatic rings. The number of carboxylic acid groups (broad SMARTS) is 1. The van der Waals surface area contributed by atoms with E-state index >= 15 is 0 Å². The van der Waals surface area contributed by atoms with Crippen LogP contribution in [-0.2, 0) is 21.4 Å². The molecule has 0 radical (unpaired) electrons. The van der Waals surface area contributed by atoms with Gasteiger partial charge in [0.05, 0.1) is 12.1 Å². The number of carbonyl (C=O) groups is 2. The summed E-state index contributed by atoms with van der Waals surface area (Å²) in [5.74, 6) is -0.752. The van der Waals surface area contributed by atoms with Gasteiger partial charge in [-0.1, -0.05) is 12.1 Å². The molecular weight excluding hydrogens is 294 g/mol. The number of anilines is 1. The minimum Gasteiger partial charge on any atom is -0.481 e. The van der Waals surface area contributed by atoms with E-state index in [1.165, 1.54) is 0 Å². The average molecular weight is 317 g/mol. The van der Waals surface area contributed by atoms with Crippen LogP contribution in [0.3, 0.4) is 0 Å². The summed E-state index contributed by atoms with van der Waals surface area (Å²) >= 11 is 0. The molecule has 23 heavy (non-hydrogen) atoms. The van der Waals surface area contributed by atoms with E-state index in [1.54, 1.807) is 4.90 Å². The molecule has 1 fully saturated rings. The molecular formula is C18H23NO4. The number of fused-ring (bicyclic) bond motifs is 1. The summed E-state index contributed by atoms with van der Waals surface area (Å²) in [7, 11) is 0. The van der Waals surface area contributed by atoms with Gasteiger partial charge in [-0.3, -0.25) is 9.69 Å². The van der Waals surface area contributed by atoms with Crippen molar-refractivity contribution in [2.45, 2.75) is 57.5 Å². The van der Waals surface area contributed by atoms with Gasteiger partial charge >= 0.3 is 12.1 Å². The van der Waals surface area contributed by atoms with Crippen molar-refractivity contribution in [3.05, 3.63) is 29.3 Å². The fraction of sp³-hybridized carbons (Fsp3) is 0.556. The predicted molar refractivity (Wildman–Crippen MR) is 86.9 cm³/mol. The molecule has 0 saturated heterocycles. The van der Waals surface area contributed by atoms with Crippen LogP contribution in [0.25, 0.3) is 0 Å². The van der Waals surface area contributed by atoms with Crippen molar-refractivity contribution in [1.82, 2.24) is 0 Å². The van der Waals surface area contributed by atoms with E-state index in [0.717, 1.165) is 36.1 Å². The van der Waals surface area contributed by atoms with Gasteiger partial charge in [-0.15, -0.1) is 0 Å². The Morgan fingerprint density at radius 1 is 1.30 bits per heavy atom. The molecule has 124 valence electrons. The highest BCUT2D eigenvalue weighted by atomic mass is 16.6. The first-order valence-corrected chi connectivity index (χ1v) is 8.06. The highest BCUT2D eigenvalue weighted by Gasteiger charge is 2.46. The predicted octanol–water partition coefficient (Wildman–Crippen LogP) is 3.49.